The van der Waals surface area contributed by atoms with Crippen molar-refractivity contribution in [3.8, 4) is 0 Å². The molecule has 0 amide bonds. The standard InChI is InChI=1S/C13H23NO4/c1-10(15)6-7-12(13(16)17-3)18-9-11-5-4-8-14(11)2/h11-12H,4-9H2,1-3H3/t11?,12-/m0/s1. The third kappa shape index (κ3) is 4.74. The third-order valence-corrected chi connectivity index (χ3v) is 3.38. The number of esters is 1. The summed E-state index contributed by atoms with van der Waals surface area (Å²) in [4.78, 5) is 24.7. The van der Waals surface area contributed by atoms with E-state index in [-0.39, 0.29) is 5.78 Å². The van der Waals surface area contributed by atoms with Crippen LogP contribution in [0.5, 0.6) is 0 Å². The molecule has 1 heterocycles. The molecule has 1 aliphatic heterocycles. The topological polar surface area (TPSA) is 55.8 Å². The first kappa shape index (κ1) is 15.1. The summed E-state index contributed by atoms with van der Waals surface area (Å²) in [7, 11) is 3.40. The number of ether oxygens (including phenoxy) is 2. The second-order valence-corrected chi connectivity index (χ2v) is 4.86. The average Bonchev–Trinajstić information content (AvgIpc) is 2.74. The van der Waals surface area contributed by atoms with E-state index in [1.807, 2.05) is 0 Å². The molecule has 104 valence electrons. The van der Waals surface area contributed by atoms with E-state index in [1.54, 1.807) is 0 Å². The lowest BCUT2D eigenvalue weighted by atomic mass is 10.1. The molecule has 0 spiro atoms. The molecule has 0 aromatic carbocycles. The molecule has 0 aromatic rings. The third-order valence-electron chi connectivity index (χ3n) is 3.38. The van der Waals surface area contributed by atoms with Crippen LogP contribution in [0.3, 0.4) is 0 Å². The predicted molar refractivity (Wildman–Crippen MR) is 67.3 cm³/mol. The van der Waals surface area contributed by atoms with Crippen molar-refractivity contribution in [1.82, 2.24) is 4.90 Å². The van der Waals surface area contributed by atoms with Crippen molar-refractivity contribution in [3.05, 3.63) is 0 Å². The molecule has 0 aromatic heterocycles. The van der Waals surface area contributed by atoms with Crippen LogP contribution in [0.25, 0.3) is 0 Å². The van der Waals surface area contributed by atoms with Gasteiger partial charge in [-0.15, -0.1) is 0 Å². The predicted octanol–water partition coefficient (Wildman–Crippen LogP) is 1.01. The van der Waals surface area contributed by atoms with Gasteiger partial charge in [0.1, 0.15) is 5.78 Å². The van der Waals surface area contributed by atoms with Crippen LogP contribution in [-0.4, -0.2) is 56.1 Å². The number of ketones is 1. The monoisotopic (exact) mass is 257 g/mol. The summed E-state index contributed by atoms with van der Waals surface area (Å²) in [5.41, 5.74) is 0. The molecule has 1 saturated heterocycles. The Labute approximate surface area is 108 Å². The minimum absolute atomic E-state index is 0.0606. The SMILES string of the molecule is COC(=O)[C@H](CCC(C)=O)OCC1CCCN1C. The first-order valence-electron chi connectivity index (χ1n) is 6.43. The molecule has 2 atom stereocenters. The van der Waals surface area contributed by atoms with Gasteiger partial charge in [0, 0.05) is 12.5 Å². The number of likely N-dealkylation sites (N-methyl/N-ethyl adjacent to an activating group) is 1. The van der Waals surface area contributed by atoms with Gasteiger partial charge >= 0.3 is 5.97 Å². The number of Topliss-reactive ketones (excluding diaryl/α,β-unsaturated/α-hetero) is 1. The first-order valence-corrected chi connectivity index (χ1v) is 6.43. The fourth-order valence-electron chi connectivity index (χ4n) is 2.15. The number of likely N-dealkylation sites (tertiary alicyclic amines) is 1. The second kappa shape index (κ2) is 7.48. The summed E-state index contributed by atoms with van der Waals surface area (Å²) in [5, 5.41) is 0. The highest BCUT2D eigenvalue weighted by Gasteiger charge is 2.25. The Balaban J connectivity index is 2.40. The highest BCUT2D eigenvalue weighted by Crippen LogP contribution is 2.16. The van der Waals surface area contributed by atoms with Gasteiger partial charge < -0.3 is 19.2 Å². The van der Waals surface area contributed by atoms with Gasteiger partial charge in [0.2, 0.25) is 0 Å². The fourth-order valence-corrected chi connectivity index (χ4v) is 2.15. The van der Waals surface area contributed by atoms with Crippen molar-refractivity contribution in [3.63, 3.8) is 0 Å². The Bertz CT molecular complexity index is 293. The molecule has 1 unspecified atom stereocenters. The van der Waals surface area contributed by atoms with Crippen LogP contribution in [0.2, 0.25) is 0 Å². The van der Waals surface area contributed by atoms with Gasteiger partial charge in [-0.2, -0.15) is 0 Å². The van der Waals surface area contributed by atoms with E-state index in [0.29, 0.717) is 25.5 Å². The van der Waals surface area contributed by atoms with Gasteiger partial charge in [-0.05, 0) is 39.8 Å². The minimum atomic E-state index is -0.618. The van der Waals surface area contributed by atoms with Gasteiger partial charge in [-0.1, -0.05) is 0 Å². The largest absolute Gasteiger partial charge is 0.467 e. The molecule has 5 heteroatoms. The maximum Gasteiger partial charge on any atom is 0.334 e. The van der Waals surface area contributed by atoms with E-state index in [1.165, 1.54) is 20.5 Å². The van der Waals surface area contributed by atoms with Crippen LogP contribution in [0, 0.1) is 0 Å². The van der Waals surface area contributed by atoms with Crippen molar-refractivity contribution in [2.45, 2.75) is 44.8 Å². The van der Waals surface area contributed by atoms with Crippen LogP contribution in [0.4, 0.5) is 0 Å². The summed E-state index contributed by atoms with van der Waals surface area (Å²) in [6.45, 7) is 3.11. The molecule has 1 rings (SSSR count). The molecule has 0 aliphatic carbocycles. The number of carbonyl (C=O) groups is 2. The van der Waals surface area contributed by atoms with E-state index in [9.17, 15) is 9.59 Å². The van der Waals surface area contributed by atoms with E-state index >= 15 is 0 Å². The summed E-state index contributed by atoms with van der Waals surface area (Å²) in [5.74, 6) is -0.331. The van der Waals surface area contributed by atoms with Gasteiger partial charge in [0.05, 0.1) is 13.7 Å². The Kier molecular flexibility index (Phi) is 6.29. The molecule has 1 fully saturated rings. The lowest BCUT2D eigenvalue weighted by molar-refractivity contribution is -0.155. The van der Waals surface area contributed by atoms with Crippen molar-refractivity contribution in [1.29, 1.82) is 0 Å². The highest BCUT2D eigenvalue weighted by molar-refractivity contribution is 5.78. The zero-order chi connectivity index (χ0) is 13.5. The number of rotatable bonds is 7. The van der Waals surface area contributed by atoms with Gasteiger partial charge in [-0.3, -0.25) is 0 Å². The van der Waals surface area contributed by atoms with E-state index in [0.717, 1.165) is 13.0 Å². The zero-order valence-corrected chi connectivity index (χ0v) is 11.5. The van der Waals surface area contributed by atoms with Crippen molar-refractivity contribution in [2.24, 2.45) is 0 Å². The number of carbonyl (C=O) groups excluding carboxylic acids is 2. The van der Waals surface area contributed by atoms with Gasteiger partial charge in [0.25, 0.3) is 0 Å². The normalized spacial score (nSPS) is 21.8. The summed E-state index contributed by atoms with van der Waals surface area (Å²) < 4.78 is 10.3. The maximum absolute atomic E-state index is 11.5. The smallest absolute Gasteiger partial charge is 0.334 e. The molecule has 18 heavy (non-hydrogen) atoms. The van der Waals surface area contributed by atoms with Crippen LogP contribution < -0.4 is 0 Å². The maximum atomic E-state index is 11.5. The summed E-state index contributed by atoms with van der Waals surface area (Å²) >= 11 is 0. The Morgan fingerprint density at radius 1 is 1.44 bits per heavy atom. The molecule has 1 aliphatic rings. The van der Waals surface area contributed by atoms with E-state index < -0.39 is 12.1 Å². The lowest BCUT2D eigenvalue weighted by Crippen LogP contribution is -2.34. The van der Waals surface area contributed by atoms with Crippen LogP contribution in [-0.2, 0) is 19.1 Å². The highest BCUT2D eigenvalue weighted by atomic mass is 16.6. The Morgan fingerprint density at radius 2 is 2.17 bits per heavy atom. The average molecular weight is 257 g/mol. The molecule has 0 radical (unpaired) electrons. The molecule has 0 saturated carbocycles. The Hall–Kier alpha value is -0.940. The van der Waals surface area contributed by atoms with Crippen LogP contribution in [0.15, 0.2) is 0 Å². The van der Waals surface area contributed by atoms with Gasteiger partial charge in [0.15, 0.2) is 6.10 Å². The lowest BCUT2D eigenvalue weighted by Gasteiger charge is -2.22. The molecular formula is C13H23NO4. The van der Waals surface area contributed by atoms with Crippen molar-refractivity contribution in [2.75, 3.05) is 27.3 Å². The van der Waals surface area contributed by atoms with Crippen LogP contribution >= 0.6 is 0 Å². The molecule has 0 bridgehead atoms. The van der Waals surface area contributed by atoms with Crippen LogP contribution in [0.1, 0.15) is 32.6 Å². The summed E-state index contributed by atoms with van der Waals surface area (Å²) in [6, 6.07) is 0.370. The van der Waals surface area contributed by atoms with Crippen molar-refractivity contribution >= 4 is 11.8 Å². The minimum Gasteiger partial charge on any atom is -0.467 e. The number of hydrogen-bond donors (Lipinski definition) is 0. The van der Waals surface area contributed by atoms with E-state index in [2.05, 4.69) is 11.9 Å². The first-order chi connectivity index (χ1) is 8.54. The van der Waals surface area contributed by atoms with E-state index in [4.69, 9.17) is 9.47 Å². The molecule has 5 nitrogen and oxygen atoms in total. The molecule has 0 N–H and O–H groups in total. The number of hydrogen-bond acceptors (Lipinski definition) is 5. The fraction of sp³-hybridized carbons (Fsp3) is 0.846. The quantitative estimate of drug-likeness (QED) is 0.637. The summed E-state index contributed by atoms with van der Waals surface area (Å²) in [6.07, 6.45) is 2.39. The van der Waals surface area contributed by atoms with Gasteiger partial charge in [-0.25, -0.2) is 4.79 Å². The second-order valence-electron chi connectivity index (χ2n) is 4.86. The Morgan fingerprint density at radius 3 is 2.67 bits per heavy atom. The number of nitrogens with zero attached hydrogens (tertiary/aromatic N) is 1. The molecular weight excluding hydrogens is 234 g/mol. The zero-order valence-electron chi connectivity index (χ0n) is 11.5. The van der Waals surface area contributed by atoms with Crippen molar-refractivity contribution < 1.29 is 19.1 Å². The number of methoxy groups -OCH3 is 1.